The Bertz CT molecular complexity index is 519. The van der Waals surface area contributed by atoms with Crippen molar-refractivity contribution in [2.24, 2.45) is 5.73 Å². The summed E-state index contributed by atoms with van der Waals surface area (Å²) in [5.74, 6) is 0.343. The number of aryl methyl sites for hydroxylation is 1. The standard InChI is InChI=1S/C9H12N6OS/c1-6-12-9(17-14-6)13-8(16)7-4-15(3-2-10)5-11-7/h4-5H,2-3,10H2,1H3,(H,12,13,14,16). The van der Waals surface area contributed by atoms with E-state index in [0.29, 0.717) is 29.7 Å². The summed E-state index contributed by atoms with van der Waals surface area (Å²) in [6.45, 7) is 2.91. The zero-order valence-electron chi connectivity index (χ0n) is 9.25. The van der Waals surface area contributed by atoms with E-state index < -0.39 is 0 Å². The van der Waals surface area contributed by atoms with E-state index in [1.54, 1.807) is 24.0 Å². The van der Waals surface area contributed by atoms with E-state index in [1.165, 1.54) is 0 Å². The van der Waals surface area contributed by atoms with E-state index >= 15 is 0 Å². The molecule has 0 saturated carbocycles. The molecule has 0 aliphatic heterocycles. The van der Waals surface area contributed by atoms with Gasteiger partial charge in [-0.05, 0) is 6.92 Å². The van der Waals surface area contributed by atoms with Crippen LogP contribution in [0.3, 0.4) is 0 Å². The molecule has 0 unspecified atom stereocenters. The Hall–Kier alpha value is -1.80. The molecule has 0 aliphatic carbocycles. The van der Waals surface area contributed by atoms with Crippen LogP contribution in [0.15, 0.2) is 12.5 Å². The molecular formula is C9H12N6OS. The average Bonchev–Trinajstić information content (AvgIpc) is 2.88. The highest BCUT2D eigenvalue weighted by molar-refractivity contribution is 7.09. The number of nitrogens with zero attached hydrogens (tertiary/aromatic N) is 4. The van der Waals surface area contributed by atoms with Crippen LogP contribution in [0.25, 0.3) is 0 Å². The summed E-state index contributed by atoms with van der Waals surface area (Å²) in [7, 11) is 0. The topological polar surface area (TPSA) is 98.7 Å². The van der Waals surface area contributed by atoms with E-state index in [0.717, 1.165) is 11.5 Å². The number of anilines is 1. The second-order valence-electron chi connectivity index (χ2n) is 3.39. The van der Waals surface area contributed by atoms with Crippen molar-refractivity contribution in [2.45, 2.75) is 13.5 Å². The summed E-state index contributed by atoms with van der Waals surface area (Å²) < 4.78 is 5.74. The smallest absolute Gasteiger partial charge is 0.277 e. The molecule has 0 radical (unpaired) electrons. The molecule has 1 amide bonds. The van der Waals surface area contributed by atoms with E-state index in [4.69, 9.17) is 5.73 Å². The molecule has 2 aromatic heterocycles. The van der Waals surface area contributed by atoms with E-state index in [-0.39, 0.29) is 5.91 Å². The van der Waals surface area contributed by atoms with Crippen molar-refractivity contribution < 1.29 is 4.79 Å². The number of imidazole rings is 1. The summed E-state index contributed by atoms with van der Waals surface area (Å²) in [4.78, 5) is 19.8. The lowest BCUT2D eigenvalue weighted by Crippen LogP contribution is -2.12. The number of carbonyl (C=O) groups is 1. The highest BCUT2D eigenvalue weighted by atomic mass is 32.1. The van der Waals surface area contributed by atoms with Gasteiger partial charge in [0.1, 0.15) is 11.5 Å². The zero-order chi connectivity index (χ0) is 12.3. The van der Waals surface area contributed by atoms with Crippen molar-refractivity contribution in [1.29, 1.82) is 0 Å². The van der Waals surface area contributed by atoms with E-state index in [1.807, 2.05) is 0 Å². The van der Waals surface area contributed by atoms with Crippen LogP contribution >= 0.6 is 11.5 Å². The van der Waals surface area contributed by atoms with Crippen LogP contribution in [-0.2, 0) is 6.54 Å². The van der Waals surface area contributed by atoms with Crippen molar-refractivity contribution in [3.8, 4) is 0 Å². The van der Waals surface area contributed by atoms with Crippen molar-refractivity contribution in [3.05, 3.63) is 24.0 Å². The number of rotatable bonds is 4. The van der Waals surface area contributed by atoms with Crippen LogP contribution in [0.4, 0.5) is 5.13 Å². The first-order valence-electron chi connectivity index (χ1n) is 5.02. The van der Waals surface area contributed by atoms with Crippen LogP contribution in [-0.4, -0.2) is 31.4 Å². The first-order valence-corrected chi connectivity index (χ1v) is 5.80. The predicted octanol–water partition coefficient (Wildman–Crippen LogP) is 0.254. The first-order chi connectivity index (χ1) is 8.19. The molecule has 2 heterocycles. The third-order valence-electron chi connectivity index (χ3n) is 2.00. The lowest BCUT2D eigenvalue weighted by molar-refractivity contribution is 0.102. The monoisotopic (exact) mass is 252 g/mol. The maximum Gasteiger partial charge on any atom is 0.277 e. The maximum absolute atomic E-state index is 11.8. The molecule has 0 aliphatic rings. The highest BCUT2D eigenvalue weighted by Crippen LogP contribution is 2.11. The number of carbonyl (C=O) groups excluding carboxylic acids is 1. The largest absolute Gasteiger partial charge is 0.335 e. The van der Waals surface area contributed by atoms with E-state index in [9.17, 15) is 4.79 Å². The molecular weight excluding hydrogens is 240 g/mol. The minimum atomic E-state index is -0.295. The zero-order valence-corrected chi connectivity index (χ0v) is 10.1. The summed E-state index contributed by atoms with van der Waals surface area (Å²) in [5.41, 5.74) is 5.75. The minimum Gasteiger partial charge on any atom is -0.335 e. The van der Waals surface area contributed by atoms with Gasteiger partial charge in [-0.2, -0.15) is 4.37 Å². The third-order valence-corrected chi connectivity index (χ3v) is 2.72. The summed E-state index contributed by atoms with van der Waals surface area (Å²) >= 11 is 1.14. The van der Waals surface area contributed by atoms with Gasteiger partial charge < -0.3 is 10.3 Å². The first kappa shape index (κ1) is 11.7. The second-order valence-corrected chi connectivity index (χ2v) is 4.14. The molecule has 0 spiro atoms. The minimum absolute atomic E-state index is 0.295. The van der Waals surface area contributed by atoms with Gasteiger partial charge in [0.25, 0.3) is 5.91 Å². The number of hydrogen-bond acceptors (Lipinski definition) is 6. The van der Waals surface area contributed by atoms with Crippen molar-refractivity contribution in [3.63, 3.8) is 0 Å². The Labute approximate surface area is 102 Å². The molecule has 0 fully saturated rings. The van der Waals surface area contributed by atoms with Crippen LogP contribution < -0.4 is 11.1 Å². The molecule has 2 rings (SSSR count). The Morgan fingerprint density at radius 2 is 2.47 bits per heavy atom. The average molecular weight is 252 g/mol. The summed E-state index contributed by atoms with van der Waals surface area (Å²) in [6, 6.07) is 0. The number of aromatic nitrogens is 4. The number of hydrogen-bond donors (Lipinski definition) is 2. The molecule has 7 nitrogen and oxygen atoms in total. The Kier molecular flexibility index (Phi) is 3.45. The van der Waals surface area contributed by atoms with Crippen LogP contribution in [0, 0.1) is 6.92 Å². The van der Waals surface area contributed by atoms with Gasteiger partial charge in [0, 0.05) is 30.8 Å². The van der Waals surface area contributed by atoms with Crippen LogP contribution in [0.5, 0.6) is 0 Å². The summed E-state index contributed by atoms with van der Waals surface area (Å²) in [6.07, 6.45) is 3.23. The van der Waals surface area contributed by atoms with Crippen molar-refractivity contribution >= 4 is 22.6 Å². The number of amides is 1. The van der Waals surface area contributed by atoms with Gasteiger partial charge in [0.15, 0.2) is 0 Å². The predicted molar refractivity (Wildman–Crippen MR) is 63.9 cm³/mol. The molecule has 0 bridgehead atoms. The molecule has 0 atom stereocenters. The maximum atomic E-state index is 11.8. The molecule has 3 N–H and O–H groups in total. The van der Waals surface area contributed by atoms with Gasteiger partial charge in [-0.3, -0.25) is 10.1 Å². The lowest BCUT2D eigenvalue weighted by atomic mass is 10.4. The highest BCUT2D eigenvalue weighted by Gasteiger charge is 2.11. The van der Waals surface area contributed by atoms with E-state index in [2.05, 4.69) is 19.7 Å². The summed E-state index contributed by atoms with van der Waals surface area (Å²) in [5, 5.41) is 3.11. The molecule has 8 heteroatoms. The molecule has 2 aromatic rings. The quantitative estimate of drug-likeness (QED) is 0.813. The van der Waals surface area contributed by atoms with Gasteiger partial charge in [0.05, 0.1) is 6.33 Å². The van der Waals surface area contributed by atoms with Gasteiger partial charge in [-0.25, -0.2) is 9.97 Å². The Balaban J connectivity index is 2.03. The van der Waals surface area contributed by atoms with Gasteiger partial charge in [-0.1, -0.05) is 0 Å². The third kappa shape index (κ3) is 2.86. The van der Waals surface area contributed by atoms with Crippen molar-refractivity contribution in [1.82, 2.24) is 18.9 Å². The van der Waals surface area contributed by atoms with Crippen LogP contribution in [0.2, 0.25) is 0 Å². The van der Waals surface area contributed by atoms with Crippen molar-refractivity contribution in [2.75, 3.05) is 11.9 Å². The fraction of sp³-hybridized carbons (Fsp3) is 0.333. The fourth-order valence-corrected chi connectivity index (χ4v) is 1.83. The second kappa shape index (κ2) is 5.02. The van der Waals surface area contributed by atoms with Gasteiger partial charge in [-0.15, -0.1) is 0 Å². The van der Waals surface area contributed by atoms with Gasteiger partial charge in [0.2, 0.25) is 5.13 Å². The van der Waals surface area contributed by atoms with Gasteiger partial charge >= 0.3 is 0 Å². The lowest BCUT2D eigenvalue weighted by Gasteiger charge is -1.97. The molecule has 0 saturated heterocycles. The van der Waals surface area contributed by atoms with Crippen LogP contribution in [0.1, 0.15) is 16.3 Å². The Morgan fingerprint density at radius 3 is 3.12 bits per heavy atom. The Morgan fingerprint density at radius 1 is 1.65 bits per heavy atom. The SMILES string of the molecule is Cc1nsc(NC(=O)c2cn(CCN)cn2)n1. The fourth-order valence-electron chi connectivity index (χ4n) is 1.26. The number of nitrogens with two attached hydrogens (primary N) is 1. The molecule has 0 aromatic carbocycles. The molecule has 90 valence electrons. The number of nitrogens with one attached hydrogen (secondary N) is 1. The molecule has 17 heavy (non-hydrogen) atoms. The normalized spacial score (nSPS) is 10.5.